The summed E-state index contributed by atoms with van der Waals surface area (Å²) in [6, 6.07) is 6.44. The first-order valence-corrected chi connectivity index (χ1v) is 2.91. The Balaban J connectivity index is 2.89. The van der Waals surface area contributed by atoms with Crippen molar-refractivity contribution in [2.45, 2.75) is 0 Å². The molecule has 2 aromatic heterocycles. The second-order valence-electron chi connectivity index (χ2n) is 1.85. The summed E-state index contributed by atoms with van der Waals surface area (Å²) < 4.78 is 0. The van der Waals surface area contributed by atoms with Gasteiger partial charge in [-0.3, -0.25) is 4.98 Å². The average molecular weight is 130 g/mol. The van der Waals surface area contributed by atoms with Crippen molar-refractivity contribution in [1.82, 2.24) is 15.2 Å². The van der Waals surface area contributed by atoms with E-state index in [-0.39, 0.29) is 0 Å². The molecule has 0 aliphatic heterocycles. The molecule has 0 saturated heterocycles. The minimum absolute atomic E-state index is 0.713. The Hall–Kier alpha value is -1.51. The predicted molar refractivity (Wildman–Crippen MR) is 36.2 cm³/mol. The molecule has 0 aromatic carbocycles. The van der Waals surface area contributed by atoms with Gasteiger partial charge in [-0.15, -0.1) is 5.10 Å². The minimum Gasteiger partial charge on any atom is -0.254 e. The van der Waals surface area contributed by atoms with Crippen molar-refractivity contribution in [3.8, 4) is 0 Å². The number of nitrogens with zero attached hydrogens (tertiary/aromatic N) is 3. The second kappa shape index (κ2) is 2.02. The number of fused-ring (bicyclic) bond motifs is 1. The molecule has 0 bridgehead atoms. The fourth-order valence-corrected chi connectivity index (χ4v) is 0.766. The van der Waals surface area contributed by atoms with E-state index in [1.807, 2.05) is 0 Å². The number of hydrogen-bond acceptors (Lipinski definition) is 3. The van der Waals surface area contributed by atoms with Gasteiger partial charge in [-0.25, -0.2) is 0 Å². The van der Waals surface area contributed by atoms with Gasteiger partial charge in [-0.1, -0.05) is 0 Å². The van der Waals surface area contributed by atoms with Crippen LogP contribution in [0.4, 0.5) is 0 Å². The SMILES string of the molecule is [c]1ccnc2ccnnc12. The molecule has 2 aromatic rings. The van der Waals surface area contributed by atoms with E-state index in [1.165, 1.54) is 0 Å². The summed E-state index contributed by atoms with van der Waals surface area (Å²) in [6.07, 6.45) is 3.30. The van der Waals surface area contributed by atoms with Crippen LogP contribution in [0.3, 0.4) is 0 Å². The maximum atomic E-state index is 4.05. The number of pyridine rings is 1. The van der Waals surface area contributed by atoms with Crippen LogP contribution in [0.5, 0.6) is 0 Å². The van der Waals surface area contributed by atoms with Crippen LogP contribution in [0, 0.1) is 6.07 Å². The third kappa shape index (κ3) is 0.719. The molecular formula is C7H4N3. The highest BCUT2D eigenvalue weighted by Gasteiger charge is 1.90. The standard InChI is InChI=1S/C7H4N3/c1-2-7-6(8-4-1)3-5-9-10-7/h1,3-5H. The minimum atomic E-state index is 0.713. The maximum Gasteiger partial charge on any atom is 0.119 e. The van der Waals surface area contributed by atoms with Gasteiger partial charge in [0.25, 0.3) is 0 Å². The zero-order chi connectivity index (χ0) is 6.81. The number of aromatic nitrogens is 3. The predicted octanol–water partition coefficient (Wildman–Crippen LogP) is 0.825. The highest BCUT2D eigenvalue weighted by Crippen LogP contribution is 2.01. The topological polar surface area (TPSA) is 38.7 Å². The van der Waals surface area contributed by atoms with Crippen LogP contribution in [0.15, 0.2) is 24.5 Å². The van der Waals surface area contributed by atoms with Gasteiger partial charge in [-0.05, 0) is 12.1 Å². The second-order valence-corrected chi connectivity index (χ2v) is 1.85. The smallest absolute Gasteiger partial charge is 0.119 e. The third-order valence-electron chi connectivity index (χ3n) is 1.21. The summed E-state index contributed by atoms with van der Waals surface area (Å²) in [4.78, 5) is 4.05. The summed E-state index contributed by atoms with van der Waals surface area (Å²) in [5.74, 6) is 0. The van der Waals surface area contributed by atoms with Crippen molar-refractivity contribution in [1.29, 1.82) is 0 Å². The van der Waals surface area contributed by atoms with Crippen LogP contribution in [0.25, 0.3) is 11.0 Å². The molecule has 0 saturated carbocycles. The van der Waals surface area contributed by atoms with Crippen molar-refractivity contribution in [3.63, 3.8) is 0 Å². The van der Waals surface area contributed by atoms with E-state index < -0.39 is 0 Å². The van der Waals surface area contributed by atoms with Crippen molar-refractivity contribution >= 4 is 11.0 Å². The van der Waals surface area contributed by atoms with Crippen LogP contribution < -0.4 is 0 Å². The molecule has 0 unspecified atom stereocenters. The fraction of sp³-hybridized carbons (Fsp3) is 0. The first-order valence-electron chi connectivity index (χ1n) is 2.91. The van der Waals surface area contributed by atoms with Crippen molar-refractivity contribution in [2.24, 2.45) is 0 Å². The molecule has 47 valence electrons. The first-order chi connectivity index (χ1) is 4.97. The highest BCUT2D eigenvalue weighted by atomic mass is 15.1. The van der Waals surface area contributed by atoms with Crippen LogP contribution >= 0.6 is 0 Å². The quantitative estimate of drug-likeness (QED) is 0.530. The van der Waals surface area contributed by atoms with Crippen molar-refractivity contribution in [2.75, 3.05) is 0 Å². The highest BCUT2D eigenvalue weighted by molar-refractivity contribution is 5.71. The molecule has 0 atom stereocenters. The molecule has 10 heavy (non-hydrogen) atoms. The molecule has 0 spiro atoms. The molecule has 2 heterocycles. The van der Waals surface area contributed by atoms with Gasteiger partial charge in [0.2, 0.25) is 0 Å². The molecule has 2 rings (SSSR count). The largest absolute Gasteiger partial charge is 0.254 e. The first kappa shape index (κ1) is 5.29. The van der Waals surface area contributed by atoms with Gasteiger partial charge < -0.3 is 0 Å². The summed E-state index contributed by atoms with van der Waals surface area (Å²) in [7, 11) is 0. The van der Waals surface area contributed by atoms with Crippen LogP contribution in [0.2, 0.25) is 0 Å². The molecule has 0 N–H and O–H groups in total. The molecule has 0 aliphatic carbocycles. The van der Waals surface area contributed by atoms with E-state index in [0.717, 1.165) is 5.52 Å². The summed E-state index contributed by atoms with van der Waals surface area (Å²) in [5, 5.41) is 7.50. The zero-order valence-corrected chi connectivity index (χ0v) is 5.15. The lowest BCUT2D eigenvalue weighted by atomic mass is 10.3. The number of hydrogen-bond donors (Lipinski definition) is 0. The lowest BCUT2D eigenvalue weighted by Gasteiger charge is -1.88. The van der Waals surface area contributed by atoms with Gasteiger partial charge in [0.1, 0.15) is 5.52 Å². The lowest BCUT2D eigenvalue weighted by molar-refractivity contribution is 1.07. The zero-order valence-electron chi connectivity index (χ0n) is 5.15. The Kier molecular flexibility index (Phi) is 1.07. The third-order valence-corrected chi connectivity index (χ3v) is 1.21. The molecule has 3 nitrogen and oxygen atoms in total. The van der Waals surface area contributed by atoms with Crippen LogP contribution in [0.1, 0.15) is 0 Å². The van der Waals surface area contributed by atoms with E-state index in [9.17, 15) is 0 Å². The summed E-state index contributed by atoms with van der Waals surface area (Å²) >= 11 is 0. The van der Waals surface area contributed by atoms with E-state index in [4.69, 9.17) is 0 Å². The molecule has 1 radical (unpaired) electrons. The molecule has 0 aliphatic rings. The van der Waals surface area contributed by atoms with Crippen LogP contribution in [-0.2, 0) is 0 Å². The Labute approximate surface area is 57.7 Å². The Morgan fingerprint density at radius 3 is 3.20 bits per heavy atom. The summed E-state index contributed by atoms with van der Waals surface area (Å²) in [6.45, 7) is 0. The monoisotopic (exact) mass is 130 g/mol. The maximum absolute atomic E-state index is 4.05. The van der Waals surface area contributed by atoms with Crippen molar-refractivity contribution < 1.29 is 0 Å². The molecular weight excluding hydrogens is 126 g/mol. The van der Waals surface area contributed by atoms with Gasteiger partial charge in [0.15, 0.2) is 0 Å². The van der Waals surface area contributed by atoms with Crippen LogP contribution in [-0.4, -0.2) is 15.2 Å². The van der Waals surface area contributed by atoms with E-state index >= 15 is 0 Å². The average Bonchev–Trinajstić information content (AvgIpc) is 2.05. The van der Waals surface area contributed by atoms with E-state index in [2.05, 4.69) is 21.2 Å². The number of rotatable bonds is 0. The van der Waals surface area contributed by atoms with Gasteiger partial charge in [0, 0.05) is 12.3 Å². The Morgan fingerprint density at radius 2 is 2.30 bits per heavy atom. The van der Waals surface area contributed by atoms with Gasteiger partial charge in [0.05, 0.1) is 11.7 Å². The molecule has 0 amide bonds. The Bertz CT molecular complexity index is 280. The summed E-state index contributed by atoms with van der Waals surface area (Å²) in [5.41, 5.74) is 1.54. The Morgan fingerprint density at radius 1 is 1.30 bits per heavy atom. The molecule has 0 fully saturated rings. The van der Waals surface area contributed by atoms with Gasteiger partial charge in [-0.2, -0.15) is 5.10 Å². The normalized spacial score (nSPS) is 10.0. The van der Waals surface area contributed by atoms with Gasteiger partial charge >= 0.3 is 0 Å². The molecule has 3 heteroatoms. The van der Waals surface area contributed by atoms with Crippen molar-refractivity contribution in [3.05, 3.63) is 30.6 Å². The van der Waals surface area contributed by atoms with E-state index in [1.54, 1.807) is 24.5 Å². The lowest BCUT2D eigenvalue weighted by Crippen LogP contribution is -1.83. The fourth-order valence-electron chi connectivity index (χ4n) is 0.766. The van der Waals surface area contributed by atoms with E-state index in [0.29, 0.717) is 5.52 Å².